The zero-order valence-electron chi connectivity index (χ0n) is 14.8. The van der Waals surface area contributed by atoms with Gasteiger partial charge in [0.15, 0.2) is 6.54 Å². The van der Waals surface area contributed by atoms with Crippen LogP contribution >= 0.6 is 0 Å². The first kappa shape index (κ1) is 19.2. The van der Waals surface area contributed by atoms with Crippen molar-refractivity contribution in [3.8, 4) is 0 Å². The number of unbranched alkanes of at least 4 members (excludes halogenated alkanes) is 1. The van der Waals surface area contributed by atoms with Crippen molar-refractivity contribution in [3.63, 3.8) is 0 Å². The van der Waals surface area contributed by atoms with Crippen LogP contribution in [0.3, 0.4) is 0 Å². The van der Waals surface area contributed by atoms with E-state index in [1.165, 1.54) is 0 Å². The van der Waals surface area contributed by atoms with Crippen LogP contribution in [0.4, 0.5) is 0 Å². The van der Waals surface area contributed by atoms with Crippen molar-refractivity contribution in [1.82, 2.24) is 10.2 Å². The molecule has 2 N–H and O–H groups in total. The lowest BCUT2D eigenvalue weighted by molar-refractivity contribution is -0.885. The maximum Gasteiger partial charge on any atom is 0.277 e. The highest BCUT2D eigenvalue weighted by Gasteiger charge is 2.16. The van der Waals surface area contributed by atoms with Crippen LogP contribution in [0.2, 0.25) is 0 Å². The van der Waals surface area contributed by atoms with Gasteiger partial charge in [0.2, 0.25) is 0 Å². The summed E-state index contributed by atoms with van der Waals surface area (Å²) in [4.78, 5) is 26.9. The molecular weight excluding hydrogens is 290 g/mol. The SMILES string of the molecule is CCCCN(CC)C(=O)C[NH+](C)Cc1ccc(C(=O)NC)cc1. The quantitative estimate of drug-likeness (QED) is 0.704. The molecule has 0 fully saturated rings. The summed E-state index contributed by atoms with van der Waals surface area (Å²) in [6, 6.07) is 7.55. The van der Waals surface area contributed by atoms with Crippen LogP contribution < -0.4 is 10.2 Å². The fourth-order valence-electron chi connectivity index (χ4n) is 2.51. The van der Waals surface area contributed by atoms with E-state index >= 15 is 0 Å². The summed E-state index contributed by atoms with van der Waals surface area (Å²) in [5, 5.41) is 2.61. The topological polar surface area (TPSA) is 53.9 Å². The van der Waals surface area contributed by atoms with Crippen molar-refractivity contribution in [3.05, 3.63) is 35.4 Å². The molecule has 0 aliphatic carbocycles. The summed E-state index contributed by atoms with van der Waals surface area (Å²) in [7, 11) is 3.65. The summed E-state index contributed by atoms with van der Waals surface area (Å²) in [6.07, 6.45) is 2.16. The number of amides is 2. The second kappa shape index (κ2) is 10.0. The van der Waals surface area contributed by atoms with Crippen LogP contribution in [-0.4, -0.2) is 50.4 Å². The van der Waals surface area contributed by atoms with Crippen molar-refractivity contribution in [2.75, 3.05) is 33.7 Å². The van der Waals surface area contributed by atoms with Gasteiger partial charge in [0.05, 0.1) is 7.05 Å². The Bertz CT molecular complexity index is 499. The highest BCUT2D eigenvalue weighted by Crippen LogP contribution is 2.03. The number of likely N-dealkylation sites (N-methyl/N-ethyl adjacent to an activating group) is 2. The monoisotopic (exact) mass is 320 g/mol. The smallest absolute Gasteiger partial charge is 0.277 e. The van der Waals surface area contributed by atoms with E-state index in [9.17, 15) is 9.59 Å². The second-order valence-corrected chi connectivity index (χ2v) is 5.91. The van der Waals surface area contributed by atoms with E-state index in [4.69, 9.17) is 0 Å². The molecule has 0 aromatic heterocycles. The number of rotatable bonds is 9. The van der Waals surface area contributed by atoms with Gasteiger partial charge in [-0.3, -0.25) is 9.59 Å². The number of carbonyl (C=O) groups is 2. The third-order valence-electron chi connectivity index (χ3n) is 3.92. The van der Waals surface area contributed by atoms with Crippen molar-refractivity contribution >= 4 is 11.8 Å². The summed E-state index contributed by atoms with van der Waals surface area (Å²) in [5.74, 6) is 0.127. The van der Waals surface area contributed by atoms with Crippen molar-refractivity contribution < 1.29 is 14.5 Å². The predicted octanol–water partition coefficient (Wildman–Crippen LogP) is 0.710. The molecule has 0 saturated heterocycles. The fourth-order valence-corrected chi connectivity index (χ4v) is 2.51. The molecule has 0 spiro atoms. The third kappa shape index (κ3) is 6.40. The average molecular weight is 320 g/mol. The second-order valence-electron chi connectivity index (χ2n) is 5.91. The molecule has 1 atom stereocenters. The Hall–Kier alpha value is -1.88. The molecule has 23 heavy (non-hydrogen) atoms. The third-order valence-corrected chi connectivity index (χ3v) is 3.92. The molecule has 1 rings (SSSR count). The van der Waals surface area contributed by atoms with Gasteiger partial charge in [-0.15, -0.1) is 0 Å². The molecule has 0 aliphatic rings. The number of hydrogen-bond acceptors (Lipinski definition) is 2. The van der Waals surface area contributed by atoms with Crippen LogP contribution in [0.1, 0.15) is 42.6 Å². The van der Waals surface area contributed by atoms with E-state index in [1.807, 2.05) is 43.1 Å². The number of hydrogen-bond donors (Lipinski definition) is 2. The lowest BCUT2D eigenvalue weighted by Gasteiger charge is -2.22. The van der Waals surface area contributed by atoms with Crippen LogP contribution in [0.5, 0.6) is 0 Å². The van der Waals surface area contributed by atoms with E-state index in [0.29, 0.717) is 12.1 Å². The summed E-state index contributed by atoms with van der Waals surface area (Å²) in [5.41, 5.74) is 1.78. The number of quaternary nitrogens is 1. The van der Waals surface area contributed by atoms with Crippen LogP contribution in [0.15, 0.2) is 24.3 Å². The molecule has 0 radical (unpaired) electrons. The van der Waals surface area contributed by atoms with E-state index in [-0.39, 0.29) is 11.8 Å². The summed E-state index contributed by atoms with van der Waals surface area (Å²) in [6.45, 7) is 7.05. The molecular formula is C18H30N3O2+. The normalized spacial score (nSPS) is 11.8. The van der Waals surface area contributed by atoms with E-state index in [0.717, 1.165) is 42.9 Å². The maximum absolute atomic E-state index is 12.3. The van der Waals surface area contributed by atoms with Gasteiger partial charge in [-0.1, -0.05) is 25.5 Å². The summed E-state index contributed by atoms with van der Waals surface area (Å²) >= 11 is 0. The van der Waals surface area contributed by atoms with E-state index in [1.54, 1.807) is 7.05 Å². The molecule has 0 saturated carbocycles. The minimum absolute atomic E-state index is 0.0815. The molecule has 0 bridgehead atoms. The van der Waals surface area contributed by atoms with Gasteiger partial charge in [-0.05, 0) is 25.5 Å². The Morgan fingerprint density at radius 2 is 1.83 bits per heavy atom. The molecule has 0 aliphatic heterocycles. The number of nitrogens with zero attached hydrogens (tertiary/aromatic N) is 1. The Balaban J connectivity index is 2.53. The van der Waals surface area contributed by atoms with Crippen LogP contribution in [0.25, 0.3) is 0 Å². The minimum atomic E-state index is -0.0815. The zero-order valence-corrected chi connectivity index (χ0v) is 14.8. The molecule has 1 unspecified atom stereocenters. The fraction of sp³-hybridized carbons (Fsp3) is 0.556. The maximum atomic E-state index is 12.3. The number of benzene rings is 1. The first-order valence-electron chi connectivity index (χ1n) is 8.41. The van der Waals surface area contributed by atoms with Crippen molar-refractivity contribution in [2.24, 2.45) is 0 Å². The van der Waals surface area contributed by atoms with Crippen LogP contribution in [-0.2, 0) is 11.3 Å². The standard InChI is InChI=1S/C18H29N3O2/c1-5-7-12-21(6-2)17(22)14-20(4)13-15-8-10-16(11-9-15)18(23)19-3/h8-11H,5-7,12-14H2,1-4H3,(H,19,23)/p+1. The first-order valence-corrected chi connectivity index (χ1v) is 8.41. The lowest BCUT2D eigenvalue weighted by Crippen LogP contribution is -3.08. The predicted molar refractivity (Wildman–Crippen MR) is 92.5 cm³/mol. The number of carbonyl (C=O) groups excluding carboxylic acids is 2. The zero-order chi connectivity index (χ0) is 17.2. The Morgan fingerprint density at radius 3 is 2.35 bits per heavy atom. The molecule has 0 heterocycles. The van der Waals surface area contributed by atoms with Gasteiger partial charge < -0.3 is 15.1 Å². The average Bonchev–Trinajstić information content (AvgIpc) is 2.55. The van der Waals surface area contributed by atoms with Gasteiger partial charge >= 0.3 is 0 Å². The highest BCUT2D eigenvalue weighted by molar-refractivity contribution is 5.93. The lowest BCUT2D eigenvalue weighted by atomic mass is 10.1. The number of nitrogens with one attached hydrogen (secondary N) is 2. The molecule has 2 amide bonds. The molecule has 5 heteroatoms. The van der Waals surface area contributed by atoms with Gasteiger partial charge in [-0.25, -0.2) is 0 Å². The Morgan fingerprint density at radius 1 is 1.17 bits per heavy atom. The van der Waals surface area contributed by atoms with Gasteiger partial charge in [-0.2, -0.15) is 0 Å². The highest BCUT2D eigenvalue weighted by atomic mass is 16.2. The van der Waals surface area contributed by atoms with E-state index < -0.39 is 0 Å². The first-order chi connectivity index (χ1) is 11.0. The van der Waals surface area contributed by atoms with Gasteiger partial charge in [0, 0.05) is 31.3 Å². The molecule has 1 aromatic carbocycles. The van der Waals surface area contributed by atoms with Crippen LogP contribution in [0, 0.1) is 0 Å². The Labute approximate surface area is 139 Å². The molecule has 1 aromatic rings. The molecule has 5 nitrogen and oxygen atoms in total. The summed E-state index contributed by atoms with van der Waals surface area (Å²) < 4.78 is 0. The van der Waals surface area contributed by atoms with Crippen molar-refractivity contribution in [1.29, 1.82) is 0 Å². The Kier molecular flexibility index (Phi) is 8.33. The van der Waals surface area contributed by atoms with Crippen molar-refractivity contribution in [2.45, 2.75) is 33.2 Å². The van der Waals surface area contributed by atoms with Gasteiger partial charge in [0.25, 0.3) is 11.8 Å². The van der Waals surface area contributed by atoms with E-state index in [2.05, 4.69) is 12.2 Å². The minimum Gasteiger partial charge on any atom is -0.355 e. The molecule has 128 valence electrons. The van der Waals surface area contributed by atoms with Gasteiger partial charge in [0.1, 0.15) is 6.54 Å². The largest absolute Gasteiger partial charge is 0.355 e.